The van der Waals surface area contributed by atoms with Gasteiger partial charge in [0.2, 0.25) is 0 Å². The third-order valence-electron chi connectivity index (χ3n) is 2.07. The monoisotopic (exact) mass is 211 g/mol. The molecular formula is C10H20F3N. The first-order valence-corrected chi connectivity index (χ1v) is 5.11. The maximum atomic E-state index is 11.8. The SMILES string of the molecule is CC(C)CCCC(C)NCC(F)(F)F. The average Bonchev–Trinajstić information content (AvgIpc) is 1.99. The van der Waals surface area contributed by atoms with Gasteiger partial charge in [-0.3, -0.25) is 0 Å². The van der Waals surface area contributed by atoms with E-state index in [1.54, 1.807) is 6.92 Å². The molecule has 0 aliphatic heterocycles. The molecule has 0 radical (unpaired) electrons. The largest absolute Gasteiger partial charge is 0.401 e. The molecule has 0 aliphatic carbocycles. The van der Waals surface area contributed by atoms with Gasteiger partial charge < -0.3 is 5.32 Å². The van der Waals surface area contributed by atoms with Gasteiger partial charge in [-0.1, -0.05) is 26.7 Å². The maximum absolute atomic E-state index is 11.8. The number of hydrogen-bond donors (Lipinski definition) is 1. The van der Waals surface area contributed by atoms with Gasteiger partial charge in [0.1, 0.15) is 0 Å². The van der Waals surface area contributed by atoms with Gasteiger partial charge in [0.25, 0.3) is 0 Å². The van der Waals surface area contributed by atoms with Crippen molar-refractivity contribution in [1.29, 1.82) is 0 Å². The van der Waals surface area contributed by atoms with Gasteiger partial charge in [-0.05, 0) is 19.3 Å². The van der Waals surface area contributed by atoms with Crippen molar-refractivity contribution in [3.63, 3.8) is 0 Å². The second-order valence-electron chi connectivity index (χ2n) is 4.22. The standard InChI is InChI=1S/C10H20F3N/c1-8(2)5-4-6-9(3)14-7-10(11,12)13/h8-9,14H,4-7H2,1-3H3. The Labute approximate surface area is 84.1 Å². The van der Waals surface area contributed by atoms with Crippen molar-refractivity contribution in [2.45, 2.75) is 52.3 Å². The quantitative estimate of drug-likeness (QED) is 0.710. The normalized spacial score (nSPS) is 14.8. The highest BCUT2D eigenvalue weighted by atomic mass is 19.4. The fourth-order valence-corrected chi connectivity index (χ4v) is 1.22. The van der Waals surface area contributed by atoms with Gasteiger partial charge in [-0.2, -0.15) is 13.2 Å². The van der Waals surface area contributed by atoms with E-state index in [9.17, 15) is 13.2 Å². The van der Waals surface area contributed by atoms with Gasteiger partial charge in [-0.15, -0.1) is 0 Å². The molecule has 1 unspecified atom stereocenters. The van der Waals surface area contributed by atoms with E-state index in [2.05, 4.69) is 19.2 Å². The summed E-state index contributed by atoms with van der Waals surface area (Å²) >= 11 is 0. The Morgan fingerprint density at radius 3 is 2.07 bits per heavy atom. The van der Waals surface area contributed by atoms with Gasteiger partial charge in [0, 0.05) is 6.04 Å². The van der Waals surface area contributed by atoms with E-state index in [1.165, 1.54) is 0 Å². The minimum Gasteiger partial charge on any atom is -0.306 e. The smallest absolute Gasteiger partial charge is 0.306 e. The van der Waals surface area contributed by atoms with Crippen LogP contribution in [-0.2, 0) is 0 Å². The molecule has 0 spiro atoms. The molecule has 0 amide bonds. The minimum absolute atomic E-state index is 0.0459. The van der Waals surface area contributed by atoms with E-state index in [0.29, 0.717) is 5.92 Å². The van der Waals surface area contributed by atoms with Crippen molar-refractivity contribution in [3.8, 4) is 0 Å². The summed E-state index contributed by atoms with van der Waals surface area (Å²) in [5.41, 5.74) is 0. The molecule has 0 rings (SSSR count). The first-order valence-electron chi connectivity index (χ1n) is 5.11. The maximum Gasteiger partial charge on any atom is 0.401 e. The predicted molar refractivity (Wildman–Crippen MR) is 52.2 cm³/mol. The van der Waals surface area contributed by atoms with Crippen molar-refractivity contribution < 1.29 is 13.2 Å². The molecule has 0 aromatic heterocycles. The van der Waals surface area contributed by atoms with Gasteiger partial charge in [0.05, 0.1) is 6.54 Å². The van der Waals surface area contributed by atoms with Crippen molar-refractivity contribution in [2.24, 2.45) is 5.92 Å². The van der Waals surface area contributed by atoms with Crippen LogP contribution in [0.25, 0.3) is 0 Å². The zero-order valence-electron chi connectivity index (χ0n) is 9.12. The number of rotatable bonds is 6. The van der Waals surface area contributed by atoms with Crippen LogP contribution in [0.15, 0.2) is 0 Å². The Hall–Kier alpha value is -0.250. The Kier molecular flexibility index (Phi) is 6.16. The molecule has 4 heteroatoms. The molecule has 0 saturated carbocycles. The highest BCUT2D eigenvalue weighted by molar-refractivity contribution is 4.64. The van der Waals surface area contributed by atoms with Crippen LogP contribution >= 0.6 is 0 Å². The zero-order chi connectivity index (χ0) is 11.2. The second-order valence-corrected chi connectivity index (χ2v) is 4.22. The molecular weight excluding hydrogens is 191 g/mol. The Balaban J connectivity index is 3.42. The lowest BCUT2D eigenvalue weighted by molar-refractivity contribution is -0.126. The summed E-state index contributed by atoms with van der Waals surface area (Å²) in [7, 11) is 0. The van der Waals surface area contributed by atoms with Crippen molar-refractivity contribution in [1.82, 2.24) is 5.32 Å². The molecule has 86 valence electrons. The predicted octanol–water partition coefficient (Wildman–Crippen LogP) is 3.35. The van der Waals surface area contributed by atoms with Gasteiger partial charge in [-0.25, -0.2) is 0 Å². The molecule has 0 aromatic carbocycles. The summed E-state index contributed by atoms with van der Waals surface area (Å²) in [4.78, 5) is 0. The van der Waals surface area contributed by atoms with Crippen molar-refractivity contribution in [2.75, 3.05) is 6.54 Å². The topological polar surface area (TPSA) is 12.0 Å². The molecule has 0 aromatic rings. The number of hydrogen-bond acceptors (Lipinski definition) is 1. The summed E-state index contributed by atoms with van der Waals surface area (Å²) in [6, 6.07) is -0.0459. The first-order chi connectivity index (χ1) is 6.31. The minimum atomic E-state index is -4.09. The van der Waals surface area contributed by atoms with Crippen molar-refractivity contribution >= 4 is 0 Å². The second kappa shape index (κ2) is 6.27. The van der Waals surface area contributed by atoms with E-state index in [4.69, 9.17) is 0 Å². The van der Waals surface area contributed by atoms with Gasteiger partial charge in [0.15, 0.2) is 0 Å². The molecule has 1 N–H and O–H groups in total. The number of nitrogens with one attached hydrogen (secondary N) is 1. The van der Waals surface area contributed by atoms with Crippen LogP contribution in [-0.4, -0.2) is 18.8 Å². The molecule has 1 atom stereocenters. The Morgan fingerprint density at radius 1 is 1.07 bits per heavy atom. The van der Waals surface area contributed by atoms with E-state index in [1.807, 2.05) is 0 Å². The van der Waals surface area contributed by atoms with E-state index >= 15 is 0 Å². The summed E-state index contributed by atoms with van der Waals surface area (Å²) in [6.45, 7) is 5.16. The average molecular weight is 211 g/mol. The fourth-order valence-electron chi connectivity index (χ4n) is 1.22. The van der Waals surface area contributed by atoms with Crippen LogP contribution in [0.2, 0.25) is 0 Å². The lowest BCUT2D eigenvalue weighted by Gasteiger charge is -2.15. The number of alkyl halides is 3. The summed E-state index contributed by atoms with van der Waals surface area (Å²) in [5.74, 6) is 0.629. The van der Waals surface area contributed by atoms with Crippen LogP contribution in [0.5, 0.6) is 0 Å². The van der Waals surface area contributed by atoms with E-state index < -0.39 is 12.7 Å². The van der Waals surface area contributed by atoms with Crippen LogP contribution in [0.4, 0.5) is 13.2 Å². The zero-order valence-corrected chi connectivity index (χ0v) is 9.12. The van der Waals surface area contributed by atoms with Crippen LogP contribution in [0, 0.1) is 5.92 Å². The lowest BCUT2D eigenvalue weighted by Crippen LogP contribution is -2.35. The highest BCUT2D eigenvalue weighted by Gasteiger charge is 2.26. The lowest BCUT2D eigenvalue weighted by atomic mass is 10.0. The molecule has 0 aliphatic rings. The Morgan fingerprint density at radius 2 is 1.64 bits per heavy atom. The van der Waals surface area contributed by atoms with Crippen LogP contribution in [0.1, 0.15) is 40.0 Å². The first kappa shape index (κ1) is 13.8. The molecule has 0 fully saturated rings. The van der Waals surface area contributed by atoms with Crippen molar-refractivity contribution in [3.05, 3.63) is 0 Å². The molecule has 0 saturated heterocycles. The van der Waals surface area contributed by atoms with E-state index in [0.717, 1.165) is 19.3 Å². The van der Waals surface area contributed by atoms with E-state index in [-0.39, 0.29) is 6.04 Å². The summed E-state index contributed by atoms with van der Waals surface area (Å²) < 4.78 is 35.4. The van der Waals surface area contributed by atoms with Crippen LogP contribution < -0.4 is 5.32 Å². The molecule has 0 bridgehead atoms. The highest BCUT2D eigenvalue weighted by Crippen LogP contribution is 2.14. The Bertz CT molecular complexity index is 143. The third kappa shape index (κ3) is 9.84. The van der Waals surface area contributed by atoms with Gasteiger partial charge >= 0.3 is 6.18 Å². The fraction of sp³-hybridized carbons (Fsp3) is 1.00. The molecule has 14 heavy (non-hydrogen) atoms. The summed E-state index contributed by atoms with van der Waals surface area (Å²) in [5, 5.41) is 2.47. The van der Waals surface area contributed by atoms with Crippen LogP contribution in [0.3, 0.4) is 0 Å². The number of halogens is 3. The molecule has 1 nitrogen and oxygen atoms in total. The third-order valence-corrected chi connectivity index (χ3v) is 2.07. The summed E-state index contributed by atoms with van der Waals surface area (Å²) in [6.07, 6.45) is -1.21. The molecule has 0 heterocycles.